The van der Waals surface area contributed by atoms with E-state index >= 15 is 0 Å². The predicted octanol–water partition coefficient (Wildman–Crippen LogP) is 1.64. The number of nitro groups is 1. The number of rotatable bonds is 6. The molecule has 3 rings (SSSR count). The largest absolute Gasteiger partial charge is 0.471 e. The summed E-state index contributed by atoms with van der Waals surface area (Å²) in [6.07, 6.45) is -4.44. The van der Waals surface area contributed by atoms with Crippen molar-refractivity contribution >= 4 is 29.3 Å². The molecule has 1 aromatic rings. The Morgan fingerprint density at radius 2 is 1.75 bits per heavy atom. The van der Waals surface area contributed by atoms with Crippen molar-refractivity contribution in [2.24, 2.45) is 0 Å². The van der Waals surface area contributed by atoms with Crippen LogP contribution in [0.1, 0.15) is 46.4 Å². The summed E-state index contributed by atoms with van der Waals surface area (Å²) in [5, 5.41) is 13.5. The van der Waals surface area contributed by atoms with Crippen molar-refractivity contribution in [3.8, 4) is 0 Å². The van der Waals surface area contributed by atoms with Crippen LogP contribution >= 0.6 is 0 Å². The van der Waals surface area contributed by atoms with E-state index in [0.29, 0.717) is 4.90 Å². The summed E-state index contributed by atoms with van der Waals surface area (Å²) in [5.74, 6) is -3.55. The Balaban J connectivity index is 1.45. The molecule has 0 aliphatic carbocycles. The van der Waals surface area contributed by atoms with Crippen LogP contribution in [0.25, 0.3) is 0 Å². The molecule has 0 aromatic heterocycles. The number of carbonyl (C=O) groups excluding carboxylic acids is 4. The number of halogens is 3. The molecule has 0 spiro atoms. The maximum absolute atomic E-state index is 12.5. The van der Waals surface area contributed by atoms with Gasteiger partial charge in [-0.05, 0) is 25.3 Å². The standard InChI is InChI=1S/C19H19F3N4O6/c20-19(21,22)18(30)24-8-5-11(6-9-24)23-15(27)2-1-7-25-16(28)13-4-3-12(26(31)32)10-14(13)17(25)29/h3-4,10-11H,1-2,5-9H2,(H,23,27). The van der Waals surface area contributed by atoms with Crippen LogP contribution in [-0.2, 0) is 9.59 Å². The fourth-order valence-electron chi connectivity index (χ4n) is 3.70. The first-order chi connectivity index (χ1) is 15.0. The van der Waals surface area contributed by atoms with E-state index in [2.05, 4.69) is 5.32 Å². The van der Waals surface area contributed by atoms with Crippen LogP contribution in [0.4, 0.5) is 18.9 Å². The molecule has 13 heteroatoms. The van der Waals surface area contributed by atoms with Gasteiger partial charge in [0.25, 0.3) is 17.5 Å². The highest BCUT2D eigenvalue weighted by Crippen LogP contribution is 2.27. The second-order valence-corrected chi connectivity index (χ2v) is 7.48. The summed E-state index contributed by atoms with van der Waals surface area (Å²) in [7, 11) is 0. The highest BCUT2D eigenvalue weighted by atomic mass is 19.4. The number of nitrogens with one attached hydrogen (secondary N) is 1. The molecular formula is C19H19F3N4O6. The molecule has 1 aromatic carbocycles. The first-order valence-electron chi connectivity index (χ1n) is 9.79. The Labute approximate surface area is 179 Å². The lowest BCUT2D eigenvalue weighted by molar-refractivity contribution is -0.384. The maximum atomic E-state index is 12.5. The van der Waals surface area contributed by atoms with E-state index in [1.165, 1.54) is 6.07 Å². The number of likely N-dealkylation sites (tertiary alicyclic amines) is 1. The number of alkyl halides is 3. The number of amides is 4. The van der Waals surface area contributed by atoms with Crippen molar-refractivity contribution in [3.63, 3.8) is 0 Å². The third-order valence-corrected chi connectivity index (χ3v) is 5.34. The van der Waals surface area contributed by atoms with E-state index < -0.39 is 34.7 Å². The zero-order chi connectivity index (χ0) is 23.6. The minimum Gasteiger partial charge on any atom is -0.353 e. The molecule has 0 bridgehead atoms. The molecule has 1 N–H and O–H groups in total. The predicted molar refractivity (Wildman–Crippen MR) is 101 cm³/mol. The highest BCUT2D eigenvalue weighted by Gasteiger charge is 2.43. The smallest absolute Gasteiger partial charge is 0.353 e. The van der Waals surface area contributed by atoms with Crippen molar-refractivity contribution in [3.05, 3.63) is 39.4 Å². The number of nitro benzene ring substituents is 1. The van der Waals surface area contributed by atoms with Gasteiger partial charge >= 0.3 is 12.1 Å². The van der Waals surface area contributed by atoms with Gasteiger partial charge in [-0.3, -0.25) is 34.2 Å². The Bertz CT molecular complexity index is 972. The SMILES string of the molecule is O=C(CCCN1C(=O)c2ccc([N+](=O)[O-])cc2C1=O)NC1CCN(C(=O)C(F)(F)F)CC1. The number of carbonyl (C=O) groups is 4. The van der Waals surface area contributed by atoms with E-state index in [1.807, 2.05) is 0 Å². The number of imide groups is 1. The zero-order valence-electron chi connectivity index (χ0n) is 16.7. The third-order valence-electron chi connectivity index (χ3n) is 5.34. The van der Waals surface area contributed by atoms with Crippen molar-refractivity contribution < 1.29 is 37.3 Å². The molecule has 1 fully saturated rings. The van der Waals surface area contributed by atoms with Gasteiger partial charge in [-0.25, -0.2) is 0 Å². The normalized spacial score (nSPS) is 16.8. The van der Waals surface area contributed by atoms with Crippen LogP contribution in [0, 0.1) is 10.1 Å². The molecule has 32 heavy (non-hydrogen) atoms. The summed E-state index contributed by atoms with van der Waals surface area (Å²) in [4.78, 5) is 59.9. The number of fused-ring (bicyclic) bond motifs is 1. The molecule has 2 heterocycles. The molecule has 2 aliphatic heterocycles. The van der Waals surface area contributed by atoms with Crippen LogP contribution in [0.2, 0.25) is 0 Å². The second kappa shape index (κ2) is 8.93. The van der Waals surface area contributed by atoms with Crippen LogP contribution in [-0.4, -0.2) is 70.2 Å². The topological polar surface area (TPSA) is 130 Å². The summed E-state index contributed by atoms with van der Waals surface area (Å²) >= 11 is 0. The fourth-order valence-corrected chi connectivity index (χ4v) is 3.70. The zero-order valence-corrected chi connectivity index (χ0v) is 16.7. The van der Waals surface area contributed by atoms with Crippen LogP contribution in [0.5, 0.6) is 0 Å². The van der Waals surface area contributed by atoms with Gasteiger partial charge in [0.15, 0.2) is 0 Å². The molecular weight excluding hydrogens is 437 g/mol. The van der Waals surface area contributed by atoms with Crippen LogP contribution in [0.3, 0.4) is 0 Å². The summed E-state index contributed by atoms with van der Waals surface area (Å²) in [6.45, 7) is -0.305. The lowest BCUT2D eigenvalue weighted by Crippen LogP contribution is -2.50. The molecule has 2 aliphatic rings. The Morgan fingerprint density at radius 3 is 2.34 bits per heavy atom. The number of hydrogen-bond acceptors (Lipinski definition) is 6. The fraction of sp³-hybridized carbons (Fsp3) is 0.474. The molecule has 10 nitrogen and oxygen atoms in total. The Hall–Kier alpha value is -3.51. The Morgan fingerprint density at radius 1 is 1.12 bits per heavy atom. The van der Waals surface area contributed by atoms with Gasteiger partial charge in [0, 0.05) is 44.2 Å². The van der Waals surface area contributed by atoms with Crippen molar-refractivity contribution in [2.75, 3.05) is 19.6 Å². The minimum atomic E-state index is -4.93. The van der Waals surface area contributed by atoms with E-state index in [1.54, 1.807) is 0 Å². The van der Waals surface area contributed by atoms with E-state index in [0.717, 1.165) is 17.0 Å². The van der Waals surface area contributed by atoms with E-state index in [9.17, 15) is 42.5 Å². The van der Waals surface area contributed by atoms with E-state index in [-0.39, 0.29) is 68.2 Å². The monoisotopic (exact) mass is 456 g/mol. The first kappa shape index (κ1) is 23.2. The minimum absolute atomic E-state index is 0.0325. The van der Waals surface area contributed by atoms with Gasteiger partial charge < -0.3 is 10.2 Å². The van der Waals surface area contributed by atoms with E-state index in [4.69, 9.17) is 0 Å². The van der Waals surface area contributed by atoms with Gasteiger partial charge in [-0.15, -0.1) is 0 Å². The van der Waals surface area contributed by atoms with Gasteiger partial charge in [-0.1, -0.05) is 0 Å². The molecule has 0 radical (unpaired) electrons. The maximum Gasteiger partial charge on any atom is 0.471 e. The lowest BCUT2D eigenvalue weighted by Gasteiger charge is -2.32. The first-order valence-corrected chi connectivity index (χ1v) is 9.79. The molecule has 172 valence electrons. The average Bonchev–Trinajstić information content (AvgIpc) is 2.97. The van der Waals surface area contributed by atoms with Gasteiger partial charge in [0.1, 0.15) is 0 Å². The van der Waals surface area contributed by atoms with Crippen LogP contribution in [0.15, 0.2) is 18.2 Å². The molecule has 0 atom stereocenters. The number of nitrogens with zero attached hydrogens (tertiary/aromatic N) is 3. The van der Waals surface area contributed by atoms with Crippen LogP contribution < -0.4 is 5.32 Å². The van der Waals surface area contributed by atoms with Gasteiger partial charge in [0.05, 0.1) is 16.1 Å². The number of piperidine rings is 1. The second-order valence-electron chi connectivity index (χ2n) is 7.48. The third kappa shape index (κ3) is 4.86. The average molecular weight is 456 g/mol. The van der Waals surface area contributed by atoms with Crippen molar-refractivity contribution in [2.45, 2.75) is 37.9 Å². The Kier molecular flexibility index (Phi) is 6.46. The molecule has 0 unspecified atom stereocenters. The molecule has 1 saturated heterocycles. The number of hydrogen-bond donors (Lipinski definition) is 1. The molecule has 0 saturated carbocycles. The number of benzene rings is 1. The highest BCUT2D eigenvalue weighted by molar-refractivity contribution is 6.21. The van der Waals surface area contributed by atoms with Crippen molar-refractivity contribution in [1.82, 2.24) is 15.1 Å². The number of non-ortho nitro benzene ring substituents is 1. The van der Waals surface area contributed by atoms with Crippen molar-refractivity contribution in [1.29, 1.82) is 0 Å². The summed E-state index contributed by atoms with van der Waals surface area (Å²) in [5.41, 5.74) is -0.312. The van der Waals surface area contributed by atoms with Gasteiger partial charge in [0.2, 0.25) is 5.91 Å². The quantitative estimate of drug-likeness (QED) is 0.394. The van der Waals surface area contributed by atoms with Gasteiger partial charge in [-0.2, -0.15) is 13.2 Å². The lowest BCUT2D eigenvalue weighted by atomic mass is 10.0. The summed E-state index contributed by atoms with van der Waals surface area (Å²) < 4.78 is 37.4. The molecule has 4 amide bonds. The summed E-state index contributed by atoms with van der Waals surface area (Å²) in [6, 6.07) is 3.02.